The molecule has 1 amide bonds. The Morgan fingerprint density at radius 1 is 1.39 bits per heavy atom. The Morgan fingerprint density at radius 3 is 2.83 bits per heavy atom. The zero-order chi connectivity index (χ0) is 16.9. The molecule has 128 valence electrons. The lowest BCUT2D eigenvalue weighted by Crippen LogP contribution is -2.43. The van der Waals surface area contributed by atoms with Crippen LogP contribution in [0, 0.1) is 5.92 Å². The second-order valence-corrected chi connectivity index (χ2v) is 7.80. The summed E-state index contributed by atoms with van der Waals surface area (Å²) in [4.78, 5) is 26.5. The van der Waals surface area contributed by atoms with Crippen LogP contribution in [0.5, 0.6) is 0 Å². The first-order valence-corrected chi connectivity index (χ1v) is 8.85. The van der Waals surface area contributed by atoms with E-state index in [1.807, 2.05) is 32.2 Å². The molecule has 0 spiro atoms. The monoisotopic (exact) mass is 339 g/mol. The molecule has 2 rings (SSSR count). The number of nitrogens with zero attached hydrogens (tertiary/aromatic N) is 1. The first-order chi connectivity index (χ1) is 10.8. The van der Waals surface area contributed by atoms with E-state index in [9.17, 15) is 9.59 Å². The second-order valence-electron chi connectivity index (χ2n) is 6.85. The minimum absolute atomic E-state index is 0.0137. The average Bonchev–Trinajstić information content (AvgIpc) is 3.00. The summed E-state index contributed by atoms with van der Waals surface area (Å²) in [6.45, 7) is 7.55. The maximum absolute atomic E-state index is 12.1. The molecule has 2 heterocycles. The van der Waals surface area contributed by atoms with Crippen molar-refractivity contribution in [3.8, 4) is 0 Å². The van der Waals surface area contributed by atoms with Gasteiger partial charge in [-0.25, -0.2) is 4.79 Å². The van der Waals surface area contributed by atoms with Crippen LogP contribution in [0.15, 0.2) is 17.5 Å². The van der Waals surface area contributed by atoms with Gasteiger partial charge in [0.1, 0.15) is 12.2 Å². The van der Waals surface area contributed by atoms with Crippen molar-refractivity contribution in [3.05, 3.63) is 22.4 Å². The molecule has 0 aromatic carbocycles. The van der Waals surface area contributed by atoms with Crippen LogP contribution in [-0.4, -0.2) is 48.7 Å². The predicted molar refractivity (Wildman–Crippen MR) is 90.0 cm³/mol. The number of rotatable bonds is 5. The van der Waals surface area contributed by atoms with Gasteiger partial charge < -0.3 is 14.4 Å². The van der Waals surface area contributed by atoms with Crippen molar-refractivity contribution >= 4 is 23.2 Å². The SMILES string of the molecule is CC(C)(C)OC(=O)N1CCC[C@@H](COCC(=O)c2cccs2)C1. The topological polar surface area (TPSA) is 55.8 Å². The molecule has 1 atom stereocenters. The Bertz CT molecular complexity index is 521. The fourth-order valence-electron chi connectivity index (χ4n) is 2.52. The lowest BCUT2D eigenvalue weighted by molar-refractivity contribution is 0.00789. The Balaban J connectivity index is 1.73. The molecule has 5 nitrogen and oxygen atoms in total. The van der Waals surface area contributed by atoms with Gasteiger partial charge in [0.05, 0.1) is 11.5 Å². The Morgan fingerprint density at radius 2 is 2.17 bits per heavy atom. The van der Waals surface area contributed by atoms with Crippen molar-refractivity contribution < 1.29 is 19.1 Å². The van der Waals surface area contributed by atoms with Gasteiger partial charge in [-0.2, -0.15) is 0 Å². The molecular formula is C17H25NO4S. The fourth-order valence-corrected chi connectivity index (χ4v) is 3.17. The zero-order valence-corrected chi connectivity index (χ0v) is 14.9. The molecule has 0 aliphatic carbocycles. The van der Waals surface area contributed by atoms with E-state index in [-0.39, 0.29) is 24.4 Å². The summed E-state index contributed by atoms with van der Waals surface area (Å²) in [5.74, 6) is 0.271. The number of carbonyl (C=O) groups is 2. The highest BCUT2D eigenvalue weighted by Gasteiger charge is 2.27. The van der Waals surface area contributed by atoms with Gasteiger partial charge in [0.2, 0.25) is 0 Å². The Hall–Kier alpha value is -1.40. The van der Waals surface area contributed by atoms with E-state index in [2.05, 4.69) is 0 Å². The summed E-state index contributed by atoms with van der Waals surface area (Å²) in [7, 11) is 0. The third-order valence-electron chi connectivity index (χ3n) is 3.55. The van der Waals surface area contributed by atoms with Gasteiger partial charge in [-0.15, -0.1) is 11.3 Å². The van der Waals surface area contributed by atoms with Crippen LogP contribution < -0.4 is 0 Å². The zero-order valence-electron chi connectivity index (χ0n) is 14.0. The molecule has 1 fully saturated rings. The largest absolute Gasteiger partial charge is 0.444 e. The normalized spacial score (nSPS) is 18.7. The maximum atomic E-state index is 12.1. The third kappa shape index (κ3) is 5.95. The van der Waals surface area contributed by atoms with Crippen molar-refractivity contribution in [1.82, 2.24) is 4.90 Å². The highest BCUT2D eigenvalue weighted by molar-refractivity contribution is 7.12. The van der Waals surface area contributed by atoms with Crippen molar-refractivity contribution in [3.63, 3.8) is 0 Å². The third-order valence-corrected chi connectivity index (χ3v) is 4.46. The van der Waals surface area contributed by atoms with Crippen LogP contribution >= 0.6 is 11.3 Å². The smallest absolute Gasteiger partial charge is 0.410 e. The molecule has 0 N–H and O–H groups in total. The van der Waals surface area contributed by atoms with Crippen LogP contribution in [0.2, 0.25) is 0 Å². The minimum atomic E-state index is -0.479. The predicted octanol–water partition coefficient (Wildman–Crippen LogP) is 3.59. The number of likely N-dealkylation sites (tertiary alicyclic amines) is 1. The van der Waals surface area contributed by atoms with E-state index in [0.29, 0.717) is 13.2 Å². The number of hydrogen-bond donors (Lipinski definition) is 0. The molecular weight excluding hydrogens is 314 g/mol. The standard InChI is InChI=1S/C17H25NO4S/c1-17(2,3)22-16(20)18-8-4-6-13(10-18)11-21-12-14(19)15-7-5-9-23-15/h5,7,9,13H,4,6,8,10-12H2,1-3H3/t13-/m1/s1. The van der Waals surface area contributed by atoms with Gasteiger partial charge in [-0.1, -0.05) is 6.07 Å². The van der Waals surface area contributed by atoms with Crippen LogP contribution in [0.25, 0.3) is 0 Å². The number of hydrogen-bond acceptors (Lipinski definition) is 5. The van der Waals surface area contributed by atoms with Gasteiger partial charge >= 0.3 is 6.09 Å². The van der Waals surface area contributed by atoms with Crippen molar-refractivity contribution in [2.45, 2.75) is 39.2 Å². The first kappa shape index (κ1) is 17.9. The van der Waals surface area contributed by atoms with Gasteiger partial charge in [-0.3, -0.25) is 4.79 Å². The molecule has 6 heteroatoms. The van der Waals surface area contributed by atoms with E-state index < -0.39 is 5.60 Å². The lowest BCUT2D eigenvalue weighted by atomic mass is 9.99. The summed E-state index contributed by atoms with van der Waals surface area (Å²) in [6.07, 6.45) is 1.68. The first-order valence-electron chi connectivity index (χ1n) is 7.97. The number of thiophene rings is 1. The van der Waals surface area contributed by atoms with Crippen LogP contribution in [0.3, 0.4) is 0 Å². The molecule has 1 aromatic rings. The van der Waals surface area contributed by atoms with E-state index in [1.165, 1.54) is 11.3 Å². The Kier molecular flexibility index (Phi) is 6.18. The number of ketones is 1. The van der Waals surface area contributed by atoms with Gasteiger partial charge in [0.15, 0.2) is 5.78 Å². The van der Waals surface area contributed by atoms with Gasteiger partial charge in [0.25, 0.3) is 0 Å². The van der Waals surface area contributed by atoms with E-state index in [1.54, 1.807) is 11.0 Å². The summed E-state index contributed by atoms with van der Waals surface area (Å²) in [5, 5.41) is 1.88. The number of ether oxygens (including phenoxy) is 2. The molecule has 0 radical (unpaired) electrons. The highest BCUT2D eigenvalue weighted by Crippen LogP contribution is 2.20. The summed E-state index contributed by atoms with van der Waals surface area (Å²) in [6, 6.07) is 3.67. The van der Waals surface area contributed by atoms with E-state index in [0.717, 1.165) is 24.3 Å². The minimum Gasteiger partial charge on any atom is -0.444 e. The highest BCUT2D eigenvalue weighted by atomic mass is 32.1. The molecule has 1 aliphatic heterocycles. The van der Waals surface area contributed by atoms with Crippen LogP contribution in [0.4, 0.5) is 4.79 Å². The fraction of sp³-hybridized carbons (Fsp3) is 0.647. The van der Waals surface area contributed by atoms with Crippen LogP contribution in [-0.2, 0) is 9.47 Å². The molecule has 1 aliphatic rings. The molecule has 0 unspecified atom stereocenters. The van der Waals surface area contributed by atoms with Crippen molar-refractivity contribution in [2.24, 2.45) is 5.92 Å². The van der Waals surface area contributed by atoms with E-state index >= 15 is 0 Å². The number of amides is 1. The molecule has 0 bridgehead atoms. The van der Waals surface area contributed by atoms with Gasteiger partial charge in [-0.05, 0) is 45.1 Å². The second kappa shape index (κ2) is 7.93. The van der Waals surface area contributed by atoms with Gasteiger partial charge in [0, 0.05) is 19.0 Å². The number of Topliss-reactive ketones (excluding diaryl/α,β-unsaturated/α-hetero) is 1. The molecule has 23 heavy (non-hydrogen) atoms. The Labute approximate surface area is 141 Å². The quantitative estimate of drug-likeness (QED) is 0.769. The number of carbonyl (C=O) groups excluding carboxylic acids is 2. The molecule has 1 saturated heterocycles. The summed E-state index contributed by atoms with van der Waals surface area (Å²) in [5.41, 5.74) is -0.479. The van der Waals surface area contributed by atoms with Crippen LogP contribution in [0.1, 0.15) is 43.3 Å². The van der Waals surface area contributed by atoms with Crippen molar-refractivity contribution in [2.75, 3.05) is 26.3 Å². The average molecular weight is 339 g/mol. The molecule has 0 saturated carbocycles. The number of piperidine rings is 1. The molecule has 1 aromatic heterocycles. The summed E-state index contributed by atoms with van der Waals surface area (Å²) >= 11 is 1.43. The summed E-state index contributed by atoms with van der Waals surface area (Å²) < 4.78 is 11.0. The van der Waals surface area contributed by atoms with E-state index in [4.69, 9.17) is 9.47 Å². The maximum Gasteiger partial charge on any atom is 0.410 e. The lowest BCUT2D eigenvalue weighted by Gasteiger charge is -2.34. The van der Waals surface area contributed by atoms with Crippen molar-refractivity contribution in [1.29, 1.82) is 0 Å².